The summed E-state index contributed by atoms with van der Waals surface area (Å²) >= 11 is 3.64. The maximum atomic E-state index is 11.8. The van der Waals surface area contributed by atoms with Crippen LogP contribution in [0, 0.1) is 0 Å². The zero-order valence-corrected chi connectivity index (χ0v) is 11.2. The molecule has 0 aliphatic heterocycles. The van der Waals surface area contributed by atoms with E-state index in [9.17, 15) is 14.4 Å². The molecule has 0 heterocycles. The highest BCUT2D eigenvalue weighted by Crippen LogP contribution is 2.06. The van der Waals surface area contributed by atoms with Gasteiger partial charge in [-0.3, -0.25) is 14.4 Å². The number of thiol groups is 1. The van der Waals surface area contributed by atoms with E-state index >= 15 is 0 Å². The number of nitrogens with zero attached hydrogens (tertiary/aromatic N) is 1. The highest BCUT2D eigenvalue weighted by atomic mass is 32.1. The third kappa shape index (κ3) is 6.28. The molecule has 6 nitrogen and oxygen atoms in total. The van der Waals surface area contributed by atoms with Crippen LogP contribution in [0.4, 0.5) is 4.79 Å². The fourth-order valence-electron chi connectivity index (χ4n) is 1.24. The molecule has 0 aromatic rings. The predicted molar refractivity (Wildman–Crippen MR) is 68.2 cm³/mol. The molecule has 0 rings (SSSR count). The first-order chi connectivity index (χ1) is 7.90. The van der Waals surface area contributed by atoms with Gasteiger partial charge in [0.1, 0.15) is 11.8 Å². The smallest absolute Gasteiger partial charge is 0.278 e. The normalized spacial score (nSPS) is 11.8. The molecule has 0 aromatic carbocycles. The van der Waals surface area contributed by atoms with Crippen molar-refractivity contribution in [2.75, 3.05) is 27.2 Å². The number of ketones is 1. The average Bonchev–Trinajstić information content (AvgIpc) is 2.24. The van der Waals surface area contributed by atoms with E-state index in [1.54, 1.807) is 7.05 Å². The van der Waals surface area contributed by atoms with Crippen LogP contribution in [0.15, 0.2) is 0 Å². The summed E-state index contributed by atoms with van der Waals surface area (Å²) in [7, 11) is 3.21. The number of amides is 2. The minimum Gasteiger partial charge on any atom is -0.353 e. The lowest BCUT2D eigenvalue weighted by Crippen LogP contribution is -2.48. The van der Waals surface area contributed by atoms with Gasteiger partial charge in [0.2, 0.25) is 5.91 Å². The Kier molecular flexibility index (Phi) is 7.56. The van der Waals surface area contributed by atoms with Gasteiger partial charge < -0.3 is 15.5 Å². The van der Waals surface area contributed by atoms with Crippen LogP contribution in [0.3, 0.4) is 0 Å². The lowest BCUT2D eigenvalue weighted by molar-refractivity contribution is -0.128. The number of Topliss-reactive ketones (excluding diaryl/α,β-unsaturated/α-hetero) is 1. The second-order valence-corrected chi connectivity index (χ2v) is 4.09. The van der Waals surface area contributed by atoms with Gasteiger partial charge in [-0.05, 0) is 14.0 Å². The highest BCUT2D eigenvalue weighted by molar-refractivity contribution is 7.96. The zero-order valence-electron chi connectivity index (χ0n) is 10.3. The van der Waals surface area contributed by atoms with Gasteiger partial charge in [0, 0.05) is 26.6 Å². The van der Waals surface area contributed by atoms with Crippen molar-refractivity contribution in [2.45, 2.75) is 19.4 Å². The van der Waals surface area contributed by atoms with E-state index in [1.165, 1.54) is 14.0 Å². The van der Waals surface area contributed by atoms with Gasteiger partial charge in [-0.15, -0.1) is 0 Å². The number of likely N-dealkylation sites (N-methyl/N-ethyl adjacent to an activating group) is 2. The minimum atomic E-state index is -0.797. The van der Waals surface area contributed by atoms with Crippen LogP contribution in [0.2, 0.25) is 0 Å². The van der Waals surface area contributed by atoms with Crippen molar-refractivity contribution in [1.29, 1.82) is 0 Å². The molecule has 0 aliphatic carbocycles. The summed E-state index contributed by atoms with van der Waals surface area (Å²) in [5, 5.41) is 4.98. The van der Waals surface area contributed by atoms with Gasteiger partial charge in [0.15, 0.2) is 0 Å². The molecule has 2 amide bonds. The fourth-order valence-corrected chi connectivity index (χ4v) is 1.38. The fraction of sp³-hybridized carbons (Fsp3) is 0.700. The summed E-state index contributed by atoms with van der Waals surface area (Å²) < 4.78 is 0. The minimum absolute atomic E-state index is 0.00577. The van der Waals surface area contributed by atoms with Crippen LogP contribution < -0.4 is 10.6 Å². The molecule has 0 spiro atoms. The number of rotatable bonds is 7. The van der Waals surface area contributed by atoms with Crippen LogP contribution in [0.5, 0.6) is 0 Å². The monoisotopic (exact) mass is 261 g/mol. The van der Waals surface area contributed by atoms with Crippen LogP contribution in [0.1, 0.15) is 13.3 Å². The number of hydrogen-bond donors (Lipinski definition) is 3. The number of carbonyl (C=O) groups excluding carboxylic acids is 3. The first kappa shape index (κ1) is 15.9. The summed E-state index contributed by atoms with van der Waals surface area (Å²) in [5.41, 5.74) is 0. The Morgan fingerprint density at radius 2 is 1.88 bits per heavy atom. The van der Waals surface area contributed by atoms with Crippen LogP contribution in [-0.2, 0) is 9.59 Å². The molecule has 0 saturated heterocycles. The molecule has 7 heteroatoms. The van der Waals surface area contributed by atoms with E-state index in [-0.39, 0.29) is 18.1 Å². The molecule has 0 aliphatic rings. The lowest BCUT2D eigenvalue weighted by Gasteiger charge is -2.24. The molecule has 98 valence electrons. The molecule has 1 atom stereocenters. The van der Waals surface area contributed by atoms with E-state index < -0.39 is 11.3 Å². The maximum absolute atomic E-state index is 11.8. The van der Waals surface area contributed by atoms with Crippen molar-refractivity contribution in [2.24, 2.45) is 0 Å². The first-order valence-electron chi connectivity index (χ1n) is 5.27. The van der Waals surface area contributed by atoms with Gasteiger partial charge in [-0.1, -0.05) is 12.6 Å². The van der Waals surface area contributed by atoms with Gasteiger partial charge in [0.05, 0.1) is 0 Å². The highest BCUT2D eigenvalue weighted by Gasteiger charge is 2.26. The van der Waals surface area contributed by atoms with E-state index in [4.69, 9.17) is 0 Å². The molecule has 0 saturated carbocycles. The molecule has 0 radical (unpaired) electrons. The molecular weight excluding hydrogens is 242 g/mol. The average molecular weight is 261 g/mol. The largest absolute Gasteiger partial charge is 0.353 e. The first-order valence-corrected chi connectivity index (χ1v) is 5.72. The number of carbonyl (C=O) groups is 3. The number of hydrogen-bond acceptors (Lipinski definition) is 4. The van der Waals surface area contributed by atoms with Gasteiger partial charge in [0.25, 0.3) is 5.24 Å². The summed E-state index contributed by atoms with van der Waals surface area (Å²) in [6.45, 7) is 2.44. The Morgan fingerprint density at radius 1 is 1.29 bits per heavy atom. The second-order valence-electron chi connectivity index (χ2n) is 3.71. The van der Waals surface area contributed by atoms with Crippen LogP contribution >= 0.6 is 12.6 Å². The van der Waals surface area contributed by atoms with Crippen molar-refractivity contribution in [3.05, 3.63) is 0 Å². The Balaban J connectivity index is 4.50. The SMILES string of the molecule is CNCCNC(=O)[C@H](CC(C)=O)N(C)C(=O)S. The van der Waals surface area contributed by atoms with Gasteiger partial charge >= 0.3 is 0 Å². The topological polar surface area (TPSA) is 78.5 Å². The maximum Gasteiger partial charge on any atom is 0.278 e. The van der Waals surface area contributed by atoms with Crippen molar-refractivity contribution in [3.63, 3.8) is 0 Å². The summed E-state index contributed by atoms with van der Waals surface area (Å²) in [6, 6.07) is -0.797. The van der Waals surface area contributed by atoms with Crippen molar-refractivity contribution in [1.82, 2.24) is 15.5 Å². The molecule has 2 N–H and O–H groups in total. The third-order valence-electron chi connectivity index (χ3n) is 2.23. The van der Waals surface area contributed by atoms with E-state index in [1.807, 2.05) is 0 Å². The van der Waals surface area contributed by atoms with Gasteiger partial charge in [-0.25, -0.2) is 0 Å². The molecule has 17 heavy (non-hydrogen) atoms. The van der Waals surface area contributed by atoms with E-state index in [0.717, 1.165) is 4.90 Å². The van der Waals surface area contributed by atoms with Crippen molar-refractivity contribution in [3.8, 4) is 0 Å². The Labute approximate surface area is 107 Å². The molecule has 0 unspecified atom stereocenters. The van der Waals surface area contributed by atoms with Crippen molar-refractivity contribution < 1.29 is 14.4 Å². The predicted octanol–water partition coefficient (Wildman–Crippen LogP) is -0.349. The summed E-state index contributed by atoms with van der Waals surface area (Å²) in [5.74, 6) is -0.499. The molecule has 0 fully saturated rings. The van der Waals surface area contributed by atoms with E-state index in [0.29, 0.717) is 13.1 Å². The summed E-state index contributed by atoms with van der Waals surface area (Å²) in [4.78, 5) is 35.1. The second kappa shape index (κ2) is 8.08. The Morgan fingerprint density at radius 3 is 2.29 bits per heavy atom. The molecule has 0 aromatic heterocycles. The standard InChI is InChI=1S/C10H19N3O3S/c1-7(14)6-8(13(3)10(16)17)9(15)12-5-4-11-2/h8,11H,4-6H2,1-3H3,(H,12,15)(H,16,17)/t8-/m0/s1. The van der Waals surface area contributed by atoms with Crippen molar-refractivity contribution >= 4 is 29.6 Å². The molecular formula is C10H19N3O3S. The van der Waals surface area contributed by atoms with Gasteiger partial charge in [-0.2, -0.15) is 0 Å². The molecule has 0 bridgehead atoms. The lowest BCUT2D eigenvalue weighted by atomic mass is 10.1. The zero-order chi connectivity index (χ0) is 13.4. The Hall–Kier alpha value is -1.08. The van der Waals surface area contributed by atoms with E-state index in [2.05, 4.69) is 23.3 Å². The number of nitrogens with one attached hydrogen (secondary N) is 2. The summed E-state index contributed by atoms with van der Waals surface area (Å²) in [6.07, 6.45) is -0.00577. The van der Waals surface area contributed by atoms with Crippen LogP contribution in [-0.4, -0.2) is 55.1 Å². The third-order valence-corrected chi connectivity index (χ3v) is 2.54. The van der Waals surface area contributed by atoms with Crippen LogP contribution in [0.25, 0.3) is 0 Å². The Bertz CT molecular complexity index is 297. The quantitative estimate of drug-likeness (QED) is 0.432.